The fourth-order valence-electron chi connectivity index (χ4n) is 2.00. The van der Waals surface area contributed by atoms with Crippen molar-refractivity contribution < 1.29 is 8.42 Å². The zero-order valence-electron chi connectivity index (χ0n) is 10.3. The van der Waals surface area contributed by atoms with E-state index in [9.17, 15) is 8.42 Å². The molecular weight excluding hydrogens is 240 g/mol. The predicted molar refractivity (Wildman–Crippen MR) is 62.8 cm³/mol. The maximum absolute atomic E-state index is 11.4. The highest BCUT2D eigenvalue weighted by atomic mass is 32.2. The van der Waals surface area contributed by atoms with Crippen LogP contribution in [-0.2, 0) is 16.6 Å². The Morgan fingerprint density at radius 1 is 1.47 bits per heavy atom. The Hall–Kier alpha value is -0.950. The van der Waals surface area contributed by atoms with Crippen LogP contribution < -0.4 is 5.14 Å². The van der Waals surface area contributed by atoms with E-state index in [2.05, 4.69) is 17.1 Å². The maximum Gasteiger partial charge on any atom is 0.273 e. The first-order valence-corrected chi connectivity index (χ1v) is 7.31. The Morgan fingerprint density at radius 2 is 2.06 bits per heavy atom. The average molecular weight is 258 g/mol. The van der Waals surface area contributed by atoms with Crippen LogP contribution in [-0.4, -0.2) is 23.2 Å². The number of nitrogens with zero attached hydrogens (tertiary/aromatic N) is 3. The Morgan fingerprint density at radius 3 is 2.47 bits per heavy atom. The Labute approximate surface area is 101 Å². The minimum atomic E-state index is -3.79. The van der Waals surface area contributed by atoms with E-state index in [0.29, 0.717) is 24.3 Å². The van der Waals surface area contributed by atoms with Gasteiger partial charge in [-0.05, 0) is 18.3 Å². The van der Waals surface area contributed by atoms with Gasteiger partial charge in [0.25, 0.3) is 15.2 Å². The number of nitrogens with two attached hydrogens (primary N) is 1. The molecule has 0 aromatic carbocycles. The van der Waals surface area contributed by atoms with E-state index >= 15 is 0 Å². The quantitative estimate of drug-likeness (QED) is 0.860. The number of hydrogen-bond acceptors (Lipinski definition) is 4. The highest BCUT2D eigenvalue weighted by Crippen LogP contribution is 2.46. The Kier molecular flexibility index (Phi) is 2.99. The van der Waals surface area contributed by atoms with E-state index in [1.165, 1.54) is 0 Å². The van der Waals surface area contributed by atoms with Crippen LogP contribution >= 0.6 is 0 Å². The first-order valence-electron chi connectivity index (χ1n) is 5.76. The van der Waals surface area contributed by atoms with Crippen molar-refractivity contribution >= 4 is 10.0 Å². The van der Waals surface area contributed by atoms with Crippen LogP contribution in [0.3, 0.4) is 0 Å². The van der Waals surface area contributed by atoms with Crippen molar-refractivity contribution in [1.82, 2.24) is 14.8 Å². The number of sulfonamides is 1. The molecule has 1 fully saturated rings. The number of primary sulfonamides is 1. The largest absolute Gasteiger partial charge is 0.300 e. The molecule has 6 nitrogen and oxygen atoms in total. The van der Waals surface area contributed by atoms with Gasteiger partial charge in [0, 0.05) is 12.5 Å². The summed E-state index contributed by atoms with van der Waals surface area (Å²) in [5.41, 5.74) is 0. The fraction of sp³-hybridized carbons (Fsp3) is 0.800. The van der Waals surface area contributed by atoms with Gasteiger partial charge in [-0.3, -0.25) is 0 Å². The molecule has 17 heavy (non-hydrogen) atoms. The lowest BCUT2D eigenvalue weighted by molar-refractivity contribution is 0.468. The molecule has 2 rings (SSSR count). The number of aromatic nitrogens is 3. The van der Waals surface area contributed by atoms with Gasteiger partial charge in [0.15, 0.2) is 0 Å². The maximum atomic E-state index is 11.4. The molecule has 2 N–H and O–H groups in total. The van der Waals surface area contributed by atoms with Gasteiger partial charge in [0.2, 0.25) is 0 Å². The number of hydrogen-bond donors (Lipinski definition) is 1. The smallest absolute Gasteiger partial charge is 0.273 e. The molecule has 7 heteroatoms. The molecule has 1 aromatic rings. The molecule has 1 heterocycles. The average Bonchev–Trinajstić information content (AvgIpc) is 2.72. The molecule has 1 aliphatic rings. The molecule has 1 aromatic heterocycles. The van der Waals surface area contributed by atoms with Crippen molar-refractivity contribution in [2.24, 2.45) is 17.0 Å². The van der Waals surface area contributed by atoms with Crippen LogP contribution in [0.1, 0.15) is 38.9 Å². The molecule has 1 aliphatic carbocycles. The van der Waals surface area contributed by atoms with E-state index in [1.807, 2.05) is 13.8 Å². The molecule has 0 saturated heterocycles. The van der Waals surface area contributed by atoms with E-state index in [1.54, 1.807) is 4.57 Å². The van der Waals surface area contributed by atoms with E-state index in [-0.39, 0.29) is 5.16 Å². The summed E-state index contributed by atoms with van der Waals surface area (Å²) in [6, 6.07) is 0. The van der Waals surface area contributed by atoms with Gasteiger partial charge in [0.1, 0.15) is 5.82 Å². The van der Waals surface area contributed by atoms with Gasteiger partial charge < -0.3 is 4.57 Å². The number of rotatable bonds is 4. The highest BCUT2D eigenvalue weighted by molar-refractivity contribution is 7.89. The van der Waals surface area contributed by atoms with Gasteiger partial charge in [-0.25, -0.2) is 13.6 Å². The standard InChI is InChI=1S/C10H18N4O2S/c1-6(2)5-14-9(8-4-7(8)3)12-13-10(14)17(11,15)16/h6-8H,4-5H2,1-3H3,(H2,11,15,16). The van der Waals surface area contributed by atoms with Gasteiger partial charge >= 0.3 is 0 Å². The van der Waals surface area contributed by atoms with Crippen molar-refractivity contribution in [3.63, 3.8) is 0 Å². The normalized spacial score (nSPS) is 24.3. The summed E-state index contributed by atoms with van der Waals surface area (Å²) in [6.07, 6.45) is 1.04. The lowest BCUT2D eigenvalue weighted by atomic mass is 10.2. The molecule has 0 bridgehead atoms. The third-order valence-corrected chi connectivity index (χ3v) is 3.80. The summed E-state index contributed by atoms with van der Waals surface area (Å²) < 4.78 is 24.5. The highest BCUT2D eigenvalue weighted by Gasteiger charge is 2.39. The van der Waals surface area contributed by atoms with Crippen molar-refractivity contribution in [2.45, 2.75) is 44.8 Å². The van der Waals surface area contributed by atoms with Crippen LogP contribution in [0.25, 0.3) is 0 Å². The summed E-state index contributed by atoms with van der Waals surface area (Å²) >= 11 is 0. The molecule has 0 radical (unpaired) electrons. The summed E-state index contributed by atoms with van der Waals surface area (Å²) in [5.74, 6) is 1.96. The van der Waals surface area contributed by atoms with Gasteiger partial charge in [-0.1, -0.05) is 20.8 Å². The minimum absolute atomic E-state index is 0.111. The summed E-state index contributed by atoms with van der Waals surface area (Å²) in [4.78, 5) is 0. The lowest BCUT2D eigenvalue weighted by Crippen LogP contribution is -2.21. The van der Waals surface area contributed by atoms with Gasteiger partial charge in [-0.15, -0.1) is 10.2 Å². The zero-order valence-corrected chi connectivity index (χ0v) is 11.1. The third-order valence-electron chi connectivity index (χ3n) is 2.99. The second kappa shape index (κ2) is 4.06. The summed E-state index contributed by atoms with van der Waals surface area (Å²) in [6.45, 7) is 6.74. The molecule has 2 atom stereocenters. The molecule has 0 aliphatic heterocycles. The molecule has 2 unspecified atom stereocenters. The van der Waals surface area contributed by atoms with Crippen molar-refractivity contribution in [2.75, 3.05) is 0 Å². The molecule has 0 amide bonds. The molecule has 0 spiro atoms. The summed E-state index contributed by atoms with van der Waals surface area (Å²) in [7, 11) is -3.79. The zero-order chi connectivity index (χ0) is 12.8. The topological polar surface area (TPSA) is 90.9 Å². The predicted octanol–water partition coefficient (Wildman–Crippen LogP) is 0.705. The van der Waals surface area contributed by atoms with Crippen LogP contribution in [0, 0.1) is 11.8 Å². The van der Waals surface area contributed by atoms with Crippen molar-refractivity contribution in [1.29, 1.82) is 0 Å². The second-order valence-electron chi connectivity index (χ2n) is 5.21. The van der Waals surface area contributed by atoms with Crippen molar-refractivity contribution in [3.8, 4) is 0 Å². The first kappa shape index (κ1) is 12.5. The molecular formula is C10H18N4O2S. The van der Waals surface area contributed by atoms with Gasteiger partial charge in [-0.2, -0.15) is 0 Å². The first-order chi connectivity index (χ1) is 7.80. The van der Waals surface area contributed by atoms with Crippen molar-refractivity contribution in [3.05, 3.63) is 5.82 Å². The van der Waals surface area contributed by atoms with Gasteiger partial charge in [0.05, 0.1) is 0 Å². The summed E-state index contributed by atoms with van der Waals surface area (Å²) in [5, 5.41) is 12.8. The second-order valence-corrected chi connectivity index (χ2v) is 6.66. The Bertz CT molecular complexity index is 520. The fourth-order valence-corrected chi connectivity index (χ4v) is 2.63. The Balaban J connectivity index is 2.44. The third kappa shape index (κ3) is 2.50. The van der Waals surface area contributed by atoms with Crippen LogP contribution in [0.4, 0.5) is 0 Å². The minimum Gasteiger partial charge on any atom is -0.300 e. The molecule has 1 saturated carbocycles. The van der Waals surface area contributed by atoms with Crippen LogP contribution in [0.5, 0.6) is 0 Å². The van der Waals surface area contributed by atoms with E-state index in [0.717, 1.165) is 12.2 Å². The SMILES string of the molecule is CC(C)Cn1c(C2CC2C)nnc1S(N)(=O)=O. The van der Waals surface area contributed by atoms with E-state index in [4.69, 9.17) is 5.14 Å². The molecule has 96 valence electrons. The monoisotopic (exact) mass is 258 g/mol. The lowest BCUT2D eigenvalue weighted by Gasteiger charge is -2.11. The van der Waals surface area contributed by atoms with Crippen LogP contribution in [0.15, 0.2) is 5.16 Å². The van der Waals surface area contributed by atoms with E-state index < -0.39 is 10.0 Å². The van der Waals surface area contributed by atoms with Crippen LogP contribution in [0.2, 0.25) is 0 Å².